The van der Waals surface area contributed by atoms with Gasteiger partial charge in [0.2, 0.25) is 0 Å². The molecule has 0 saturated carbocycles. The zero-order valence-corrected chi connectivity index (χ0v) is 10.9. The molecule has 18 heavy (non-hydrogen) atoms. The molecule has 1 aromatic carbocycles. The van der Waals surface area contributed by atoms with Gasteiger partial charge in [-0.3, -0.25) is 4.90 Å². The molecule has 3 nitrogen and oxygen atoms in total. The molecule has 0 amide bonds. The van der Waals surface area contributed by atoms with Gasteiger partial charge in [-0.2, -0.15) is 0 Å². The minimum absolute atomic E-state index is 0.653. The maximum atomic E-state index is 5.67. The second kappa shape index (κ2) is 4.75. The summed E-state index contributed by atoms with van der Waals surface area (Å²) in [6, 6.07) is 9.59. The minimum atomic E-state index is 0.653. The molecule has 1 saturated heterocycles. The van der Waals surface area contributed by atoms with Crippen LogP contribution in [0.3, 0.4) is 0 Å². The molecule has 1 aliphatic heterocycles. The van der Waals surface area contributed by atoms with Gasteiger partial charge in [-0.15, -0.1) is 0 Å². The molecule has 3 heteroatoms. The number of hydrogen-bond acceptors (Lipinski definition) is 2. The zero-order chi connectivity index (χ0) is 12.5. The summed E-state index contributed by atoms with van der Waals surface area (Å²) in [6.45, 7) is 5.23. The van der Waals surface area contributed by atoms with Gasteiger partial charge < -0.3 is 10.7 Å². The fraction of sp³-hybridized carbons (Fsp3) is 0.467. The molecule has 0 radical (unpaired) electrons. The Labute approximate surface area is 108 Å². The van der Waals surface area contributed by atoms with E-state index in [2.05, 4.69) is 41.1 Å². The second-order valence-electron chi connectivity index (χ2n) is 5.39. The summed E-state index contributed by atoms with van der Waals surface area (Å²) in [6.07, 6.45) is 3.25. The van der Waals surface area contributed by atoms with E-state index in [1.165, 1.54) is 22.9 Å². The maximum absolute atomic E-state index is 5.67. The number of rotatable bonds is 3. The van der Waals surface area contributed by atoms with Crippen LogP contribution in [0.4, 0.5) is 0 Å². The number of hydrogen-bond donors (Lipinski definition) is 2. The molecule has 96 valence electrons. The topological polar surface area (TPSA) is 45.0 Å². The van der Waals surface area contributed by atoms with Crippen LogP contribution in [0.5, 0.6) is 0 Å². The van der Waals surface area contributed by atoms with Gasteiger partial charge in [0, 0.05) is 37.4 Å². The predicted octanol–water partition coefficient (Wildman–Crippen LogP) is 2.30. The van der Waals surface area contributed by atoms with E-state index in [1.807, 2.05) is 6.20 Å². The smallest absolute Gasteiger partial charge is 0.0454 e. The van der Waals surface area contributed by atoms with Crippen molar-refractivity contribution in [3.05, 3.63) is 36.0 Å². The molecule has 0 aliphatic carbocycles. The fourth-order valence-electron chi connectivity index (χ4n) is 3.14. The van der Waals surface area contributed by atoms with Crippen LogP contribution in [0, 0.1) is 0 Å². The normalized spacial score (nSPS) is 25.0. The molecule has 2 atom stereocenters. The van der Waals surface area contributed by atoms with E-state index in [0.29, 0.717) is 12.0 Å². The van der Waals surface area contributed by atoms with E-state index in [9.17, 15) is 0 Å². The fourth-order valence-corrected chi connectivity index (χ4v) is 3.14. The number of benzene rings is 1. The Morgan fingerprint density at radius 3 is 3.11 bits per heavy atom. The number of nitrogens with two attached hydrogens (primary N) is 1. The molecule has 2 unspecified atom stereocenters. The third-order valence-electron chi connectivity index (χ3n) is 4.17. The van der Waals surface area contributed by atoms with E-state index < -0.39 is 0 Å². The van der Waals surface area contributed by atoms with Gasteiger partial charge >= 0.3 is 0 Å². The van der Waals surface area contributed by atoms with Crippen LogP contribution in [-0.4, -0.2) is 35.6 Å². The number of aromatic amines is 1. The highest BCUT2D eigenvalue weighted by atomic mass is 15.2. The molecule has 2 heterocycles. The number of aromatic nitrogens is 1. The zero-order valence-electron chi connectivity index (χ0n) is 10.9. The van der Waals surface area contributed by atoms with Gasteiger partial charge in [0.15, 0.2) is 0 Å². The predicted molar refractivity (Wildman–Crippen MR) is 75.7 cm³/mol. The van der Waals surface area contributed by atoms with Gasteiger partial charge in [-0.05, 0) is 48.4 Å². The Morgan fingerprint density at radius 1 is 1.39 bits per heavy atom. The Bertz CT molecular complexity index is 531. The van der Waals surface area contributed by atoms with Crippen molar-refractivity contribution in [2.75, 3.05) is 19.6 Å². The number of nitrogens with zero attached hydrogens (tertiary/aromatic N) is 1. The molecule has 0 spiro atoms. The third-order valence-corrected chi connectivity index (χ3v) is 4.17. The standard InChI is InChI=1S/C15H21N3/c1-11-8-14(10-18(11)7-5-16)12-2-3-15-13(9-12)4-6-17-15/h2-4,6,9,11,14,17H,5,7-8,10,16H2,1H3. The average molecular weight is 243 g/mol. The maximum Gasteiger partial charge on any atom is 0.0454 e. The molecule has 1 fully saturated rings. The summed E-state index contributed by atoms with van der Waals surface area (Å²) in [5.74, 6) is 0.658. The average Bonchev–Trinajstić information content (AvgIpc) is 2.96. The first-order chi connectivity index (χ1) is 8.78. The van der Waals surface area contributed by atoms with Gasteiger partial charge in [0.1, 0.15) is 0 Å². The highest BCUT2D eigenvalue weighted by Crippen LogP contribution is 2.32. The largest absolute Gasteiger partial charge is 0.361 e. The summed E-state index contributed by atoms with van der Waals surface area (Å²) in [7, 11) is 0. The van der Waals surface area contributed by atoms with Crippen molar-refractivity contribution in [2.45, 2.75) is 25.3 Å². The molecule has 3 N–H and O–H groups in total. The van der Waals surface area contributed by atoms with Crippen molar-refractivity contribution in [3.63, 3.8) is 0 Å². The first-order valence-corrected chi connectivity index (χ1v) is 6.79. The Morgan fingerprint density at radius 2 is 2.28 bits per heavy atom. The number of likely N-dealkylation sites (tertiary alicyclic amines) is 1. The number of fused-ring (bicyclic) bond motifs is 1. The van der Waals surface area contributed by atoms with Gasteiger partial charge in [-0.25, -0.2) is 0 Å². The first kappa shape index (κ1) is 11.8. The number of nitrogens with one attached hydrogen (secondary N) is 1. The summed E-state index contributed by atoms with van der Waals surface area (Å²) in [4.78, 5) is 5.75. The molecule has 1 aromatic heterocycles. The lowest BCUT2D eigenvalue weighted by molar-refractivity contribution is 0.275. The summed E-state index contributed by atoms with van der Waals surface area (Å²) < 4.78 is 0. The van der Waals surface area contributed by atoms with Gasteiger partial charge in [-0.1, -0.05) is 6.07 Å². The molecule has 3 rings (SSSR count). The van der Waals surface area contributed by atoms with Crippen molar-refractivity contribution in [3.8, 4) is 0 Å². The van der Waals surface area contributed by atoms with Gasteiger partial charge in [0.05, 0.1) is 0 Å². The SMILES string of the molecule is CC1CC(c2ccc3[nH]ccc3c2)CN1CCN. The van der Waals surface area contributed by atoms with E-state index in [-0.39, 0.29) is 0 Å². The lowest BCUT2D eigenvalue weighted by Crippen LogP contribution is -2.32. The highest BCUT2D eigenvalue weighted by molar-refractivity contribution is 5.80. The van der Waals surface area contributed by atoms with Crippen molar-refractivity contribution in [1.29, 1.82) is 0 Å². The first-order valence-electron chi connectivity index (χ1n) is 6.79. The van der Waals surface area contributed by atoms with Crippen LogP contribution in [-0.2, 0) is 0 Å². The van der Waals surface area contributed by atoms with Crippen LogP contribution in [0.2, 0.25) is 0 Å². The van der Waals surface area contributed by atoms with Crippen LogP contribution >= 0.6 is 0 Å². The van der Waals surface area contributed by atoms with E-state index in [0.717, 1.165) is 19.6 Å². The highest BCUT2D eigenvalue weighted by Gasteiger charge is 2.29. The quantitative estimate of drug-likeness (QED) is 0.869. The van der Waals surface area contributed by atoms with Crippen LogP contribution in [0.1, 0.15) is 24.8 Å². The van der Waals surface area contributed by atoms with Crippen molar-refractivity contribution in [2.24, 2.45) is 5.73 Å². The van der Waals surface area contributed by atoms with Gasteiger partial charge in [0.25, 0.3) is 0 Å². The number of H-pyrrole nitrogens is 1. The van der Waals surface area contributed by atoms with Crippen molar-refractivity contribution in [1.82, 2.24) is 9.88 Å². The Hall–Kier alpha value is -1.32. The van der Waals surface area contributed by atoms with E-state index >= 15 is 0 Å². The monoisotopic (exact) mass is 243 g/mol. The van der Waals surface area contributed by atoms with E-state index in [4.69, 9.17) is 5.73 Å². The minimum Gasteiger partial charge on any atom is -0.361 e. The molecule has 2 aromatic rings. The van der Waals surface area contributed by atoms with E-state index in [1.54, 1.807) is 0 Å². The summed E-state index contributed by atoms with van der Waals surface area (Å²) >= 11 is 0. The third kappa shape index (κ3) is 2.04. The lowest BCUT2D eigenvalue weighted by atomic mass is 9.96. The van der Waals surface area contributed by atoms with Crippen molar-refractivity contribution < 1.29 is 0 Å². The molecular weight excluding hydrogens is 222 g/mol. The molecule has 1 aliphatic rings. The Kier molecular flexibility index (Phi) is 3.10. The second-order valence-corrected chi connectivity index (χ2v) is 5.39. The summed E-state index contributed by atoms with van der Waals surface area (Å²) in [5, 5.41) is 1.32. The molecular formula is C15H21N3. The van der Waals surface area contributed by atoms with Crippen LogP contribution in [0.15, 0.2) is 30.5 Å². The summed E-state index contributed by atoms with van der Waals surface area (Å²) in [5.41, 5.74) is 8.36. The van der Waals surface area contributed by atoms with Crippen molar-refractivity contribution >= 4 is 10.9 Å². The van der Waals surface area contributed by atoms with Crippen LogP contribution < -0.4 is 5.73 Å². The Balaban J connectivity index is 1.82. The van der Waals surface area contributed by atoms with Crippen LogP contribution in [0.25, 0.3) is 10.9 Å². The molecule has 0 bridgehead atoms. The lowest BCUT2D eigenvalue weighted by Gasteiger charge is -2.19.